The number of ether oxygens (including phenoxy) is 3. The van der Waals surface area contributed by atoms with Crippen LogP contribution in [0.2, 0.25) is 0 Å². The van der Waals surface area contributed by atoms with Gasteiger partial charge in [0.05, 0.1) is 24.4 Å². The molecule has 0 aromatic heterocycles. The van der Waals surface area contributed by atoms with Crippen molar-refractivity contribution in [2.24, 2.45) is 0 Å². The minimum Gasteiger partial charge on any atom is -0.399 e. The van der Waals surface area contributed by atoms with Crippen LogP contribution in [0.3, 0.4) is 0 Å². The summed E-state index contributed by atoms with van der Waals surface area (Å²) in [6.07, 6.45) is 4.12. The summed E-state index contributed by atoms with van der Waals surface area (Å²) in [5.41, 5.74) is 7.65. The van der Waals surface area contributed by atoms with Crippen molar-refractivity contribution in [2.75, 3.05) is 33.2 Å². The lowest BCUT2D eigenvalue weighted by atomic mass is 9.80. The highest BCUT2D eigenvalue weighted by molar-refractivity contribution is 5.40. The predicted octanol–water partition coefficient (Wildman–Crippen LogP) is 2.73. The number of rotatable bonds is 5. The Hall–Kier alpha value is -1.10. The third-order valence-corrected chi connectivity index (χ3v) is 4.93. The number of hydrogen-bond donors (Lipinski definition) is 1. The first kappa shape index (κ1) is 14.8. The van der Waals surface area contributed by atoms with Gasteiger partial charge in [-0.3, -0.25) is 0 Å². The monoisotopic (exact) mass is 291 g/mol. The van der Waals surface area contributed by atoms with Crippen LogP contribution in [0, 0.1) is 0 Å². The molecule has 0 radical (unpaired) electrons. The van der Waals surface area contributed by atoms with Crippen LogP contribution in [-0.2, 0) is 14.2 Å². The molecular formula is C17H25NO3. The lowest BCUT2D eigenvalue weighted by Crippen LogP contribution is -2.48. The smallest absolute Gasteiger partial charge is 0.0930 e. The molecule has 1 aromatic rings. The first-order chi connectivity index (χ1) is 10.1. The zero-order valence-corrected chi connectivity index (χ0v) is 12.9. The Bertz CT molecular complexity index is 467. The van der Waals surface area contributed by atoms with Gasteiger partial charge in [0.2, 0.25) is 0 Å². The Labute approximate surface area is 126 Å². The van der Waals surface area contributed by atoms with Crippen LogP contribution in [0.15, 0.2) is 24.3 Å². The van der Waals surface area contributed by atoms with Crippen molar-refractivity contribution in [2.45, 2.75) is 42.8 Å². The molecule has 116 valence electrons. The van der Waals surface area contributed by atoms with Gasteiger partial charge < -0.3 is 19.9 Å². The van der Waals surface area contributed by atoms with Crippen molar-refractivity contribution in [3.05, 3.63) is 29.8 Å². The highest BCUT2D eigenvalue weighted by Crippen LogP contribution is 2.53. The minimum atomic E-state index is -0.155. The summed E-state index contributed by atoms with van der Waals surface area (Å²) in [5.74, 6) is 0.479. The Morgan fingerprint density at radius 1 is 1.05 bits per heavy atom. The molecule has 2 aliphatic rings. The molecule has 3 atom stereocenters. The molecule has 2 aliphatic heterocycles. The van der Waals surface area contributed by atoms with Gasteiger partial charge in [0, 0.05) is 19.9 Å². The number of methoxy groups -OCH3 is 2. The van der Waals surface area contributed by atoms with Crippen LogP contribution in [0.5, 0.6) is 0 Å². The van der Waals surface area contributed by atoms with E-state index in [4.69, 9.17) is 19.9 Å². The average Bonchev–Trinajstić information content (AvgIpc) is 2.71. The van der Waals surface area contributed by atoms with E-state index in [2.05, 4.69) is 12.1 Å². The van der Waals surface area contributed by atoms with Gasteiger partial charge >= 0.3 is 0 Å². The molecule has 0 aliphatic carbocycles. The van der Waals surface area contributed by atoms with E-state index in [1.165, 1.54) is 5.56 Å². The van der Waals surface area contributed by atoms with E-state index >= 15 is 0 Å². The highest BCUT2D eigenvalue weighted by atomic mass is 16.6. The number of nitrogens with two attached hydrogens (primary N) is 1. The molecule has 2 saturated heterocycles. The second-order valence-corrected chi connectivity index (χ2v) is 6.61. The van der Waals surface area contributed by atoms with E-state index in [1.807, 2.05) is 12.1 Å². The predicted molar refractivity (Wildman–Crippen MR) is 82.4 cm³/mol. The number of benzene rings is 1. The molecule has 4 nitrogen and oxygen atoms in total. The Morgan fingerprint density at radius 3 is 2.05 bits per heavy atom. The summed E-state index contributed by atoms with van der Waals surface area (Å²) in [6.45, 7) is 1.31. The zero-order valence-electron chi connectivity index (χ0n) is 12.9. The van der Waals surface area contributed by atoms with Crippen LogP contribution in [0.4, 0.5) is 5.69 Å². The molecule has 2 heterocycles. The molecule has 4 heteroatoms. The van der Waals surface area contributed by atoms with Crippen LogP contribution < -0.4 is 5.73 Å². The van der Waals surface area contributed by atoms with E-state index in [0.717, 1.165) is 31.4 Å². The van der Waals surface area contributed by atoms with E-state index < -0.39 is 0 Å². The van der Waals surface area contributed by atoms with Gasteiger partial charge in [0.15, 0.2) is 0 Å². The molecule has 0 saturated carbocycles. The SMILES string of the molecule is COC[C@@]12CC[C@@](COC)(C[C@@H](c3ccc(N)cc3)C1)O2. The van der Waals surface area contributed by atoms with Gasteiger partial charge in [0.1, 0.15) is 0 Å². The third kappa shape index (κ3) is 2.80. The molecule has 1 aromatic carbocycles. The average molecular weight is 291 g/mol. The maximum atomic E-state index is 6.45. The Kier molecular flexibility index (Phi) is 3.95. The van der Waals surface area contributed by atoms with Crippen molar-refractivity contribution in [3.63, 3.8) is 0 Å². The normalized spacial score (nSPS) is 35.0. The number of hydrogen-bond acceptors (Lipinski definition) is 4. The van der Waals surface area contributed by atoms with Crippen molar-refractivity contribution >= 4 is 5.69 Å². The van der Waals surface area contributed by atoms with E-state index in [0.29, 0.717) is 19.1 Å². The topological polar surface area (TPSA) is 53.7 Å². The quantitative estimate of drug-likeness (QED) is 0.848. The molecule has 2 N–H and O–H groups in total. The van der Waals surface area contributed by atoms with E-state index in [1.54, 1.807) is 14.2 Å². The van der Waals surface area contributed by atoms with Gasteiger partial charge in [-0.1, -0.05) is 12.1 Å². The first-order valence-corrected chi connectivity index (χ1v) is 7.64. The van der Waals surface area contributed by atoms with Crippen molar-refractivity contribution in [3.8, 4) is 0 Å². The largest absolute Gasteiger partial charge is 0.399 e. The number of anilines is 1. The number of fused-ring (bicyclic) bond motifs is 2. The molecule has 2 bridgehead atoms. The fourth-order valence-corrected chi connectivity index (χ4v) is 4.13. The Balaban J connectivity index is 1.87. The maximum Gasteiger partial charge on any atom is 0.0930 e. The molecular weight excluding hydrogens is 266 g/mol. The van der Waals surface area contributed by atoms with Gasteiger partial charge in [0.25, 0.3) is 0 Å². The lowest BCUT2D eigenvalue weighted by Gasteiger charge is -2.43. The van der Waals surface area contributed by atoms with Crippen LogP contribution in [0.1, 0.15) is 37.2 Å². The fraction of sp³-hybridized carbons (Fsp3) is 0.647. The molecule has 0 spiro atoms. The first-order valence-electron chi connectivity index (χ1n) is 7.64. The summed E-state index contributed by atoms with van der Waals surface area (Å²) >= 11 is 0. The highest BCUT2D eigenvalue weighted by Gasteiger charge is 2.55. The second-order valence-electron chi connectivity index (χ2n) is 6.61. The molecule has 3 rings (SSSR count). The van der Waals surface area contributed by atoms with Gasteiger partial charge in [-0.25, -0.2) is 0 Å². The standard InChI is InChI=1S/C17H25NO3/c1-19-11-16-7-8-17(21-16,12-20-2)10-14(9-16)13-3-5-15(18)6-4-13/h3-6,14H,7-12,18H2,1-2H3/t14-,16+,17-. The molecule has 2 fully saturated rings. The maximum absolute atomic E-state index is 6.45. The van der Waals surface area contributed by atoms with Crippen LogP contribution >= 0.6 is 0 Å². The van der Waals surface area contributed by atoms with E-state index in [-0.39, 0.29) is 11.2 Å². The zero-order chi connectivity index (χ0) is 14.9. The minimum absolute atomic E-state index is 0.155. The summed E-state index contributed by atoms with van der Waals surface area (Å²) < 4.78 is 17.3. The van der Waals surface area contributed by atoms with Crippen molar-refractivity contribution in [1.29, 1.82) is 0 Å². The van der Waals surface area contributed by atoms with Crippen LogP contribution in [0.25, 0.3) is 0 Å². The fourth-order valence-electron chi connectivity index (χ4n) is 4.13. The summed E-state index contributed by atoms with van der Waals surface area (Å²) in [4.78, 5) is 0. The molecule has 21 heavy (non-hydrogen) atoms. The summed E-state index contributed by atoms with van der Waals surface area (Å²) in [7, 11) is 3.50. The van der Waals surface area contributed by atoms with Crippen molar-refractivity contribution < 1.29 is 14.2 Å². The van der Waals surface area contributed by atoms with Gasteiger partial charge in [-0.2, -0.15) is 0 Å². The van der Waals surface area contributed by atoms with Gasteiger partial charge in [-0.15, -0.1) is 0 Å². The molecule has 0 unspecified atom stereocenters. The third-order valence-electron chi connectivity index (χ3n) is 4.93. The van der Waals surface area contributed by atoms with Crippen LogP contribution in [-0.4, -0.2) is 38.6 Å². The Morgan fingerprint density at radius 2 is 1.57 bits per heavy atom. The second kappa shape index (κ2) is 5.59. The van der Waals surface area contributed by atoms with Crippen molar-refractivity contribution in [1.82, 2.24) is 0 Å². The van der Waals surface area contributed by atoms with Gasteiger partial charge in [-0.05, 0) is 49.3 Å². The summed E-state index contributed by atoms with van der Waals surface area (Å²) in [5, 5.41) is 0. The van der Waals surface area contributed by atoms with E-state index in [9.17, 15) is 0 Å². The summed E-state index contributed by atoms with van der Waals surface area (Å²) in [6, 6.07) is 8.26. The number of nitrogen functional groups attached to an aromatic ring is 1. The lowest BCUT2D eigenvalue weighted by molar-refractivity contribution is -0.184. The molecule has 0 amide bonds.